The van der Waals surface area contributed by atoms with Crippen molar-refractivity contribution in [1.82, 2.24) is 5.32 Å². The highest BCUT2D eigenvalue weighted by molar-refractivity contribution is 9.10. The van der Waals surface area contributed by atoms with Crippen LogP contribution >= 0.6 is 15.9 Å². The largest absolute Gasteiger partial charge is 0.485 e. The first-order valence-corrected chi connectivity index (χ1v) is 11.0. The zero-order valence-corrected chi connectivity index (χ0v) is 19.3. The lowest BCUT2D eigenvalue weighted by Crippen LogP contribution is -2.30. The molecule has 0 atom stereocenters. The van der Waals surface area contributed by atoms with E-state index >= 15 is 0 Å². The van der Waals surface area contributed by atoms with Gasteiger partial charge in [0.1, 0.15) is 12.4 Å². The van der Waals surface area contributed by atoms with E-state index in [2.05, 4.69) is 21.2 Å². The van der Waals surface area contributed by atoms with Gasteiger partial charge in [0.05, 0.1) is 23.7 Å². The summed E-state index contributed by atoms with van der Waals surface area (Å²) in [6, 6.07) is 22.8. The van der Waals surface area contributed by atoms with Crippen LogP contribution in [0.15, 0.2) is 77.3 Å². The van der Waals surface area contributed by atoms with E-state index in [-0.39, 0.29) is 48.9 Å². The van der Waals surface area contributed by atoms with Gasteiger partial charge in [0.2, 0.25) is 0 Å². The zero-order valence-electron chi connectivity index (χ0n) is 17.7. The Morgan fingerprint density at radius 2 is 1.45 bits per heavy atom. The summed E-state index contributed by atoms with van der Waals surface area (Å²) in [5.74, 6) is -0.473. The van der Waals surface area contributed by atoms with Gasteiger partial charge in [-0.25, -0.2) is 0 Å². The minimum absolute atomic E-state index is 0.120. The average molecular weight is 505 g/mol. The molecule has 7 heteroatoms. The molecule has 0 unspecified atom stereocenters. The number of halogens is 1. The Bertz CT molecular complexity index is 1180. The Hall–Kier alpha value is -3.76. The van der Waals surface area contributed by atoms with Crippen molar-refractivity contribution in [3.05, 3.63) is 99.5 Å². The van der Waals surface area contributed by atoms with Gasteiger partial charge in [0.25, 0.3) is 5.91 Å². The van der Waals surface area contributed by atoms with Crippen molar-refractivity contribution in [2.24, 2.45) is 0 Å². The molecule has 3 aromatic carbocycles. The monoisotopic (exact) mass is 504 g/mol. The smallest absolute Gasteiger partial charge is 0.255 e. The summed E-state index contributed by atoms with van der Waals surface area (Å²) in [7, 11) is 0. The van der Waals surface area contributed by atoms with Crippen molar-refractivity contribution in [3.8, 4) is 11.8 Å². The van der Waals surface area contributed by atoms with Gasteiger partial charge in [-0.15, -0.1) is 0 Å². The number of nitrogens with one attached hydrogen (secondary N) is 1. The number of para-hydroxylation sites is 1. The minimum Gasteiger partial charge on any atom is -0.485 e. The van der Waals surface area contributed by atoms with Gasteiger partial charge in [-0.3, -0.25) is 14.4 Å². The van der Waals surface area contributed by atoms with Crippen molar-refractivity contribution in [2.45, 2.75) is 12.8 Å². The molecule has 0 radical (unpaired) electrons. The SMILES string of the molecule is N#Cc1ccc(CC(=O)CNC(=O)c2ccccc2OCC(=O)Cc2ccc(Br)cc2)cc1. The van der Waals surface area contributed by atoms with Crippen LogP contribution in [0.25, 0.3) is 0 Å². The number of hydrogen-bond acceptors (Lipinski definition) is 5. The van der Waals surface area contributed by atoms with E-state index in [4.69, 9.17) is 10.00 Å². The van der Waals surface area contributed by atoms with Crippen molar-refractivity contribution >= 4 is 33.4 Å². The Kier molecular flexibility index (Phi) is 8.50. The van der Waals surface area contributed by atoms with Crippen molar-refractivity contribution in [1.29, 1.82) is 5.26 Å². The Balaban J connectivity index is 1.52. The number of benzene rings is 3. The second-order valence-corrected chi connectivity index (χ2v) is 8.25. The summed E-state index contributed by atoms with van der Waals surface area (Å²) in [4.78, 5) is 37.1. The van der Waals surface area contributed by atoms with Crippen molar-refractivity contribution in [3.63, 3.8) is 0 Å². The molecule has 0 aliphatic rings. The fraction of sp³-hybridized carbons (Fsp3) is 0.154. The molecule has 0 aliphatic carbocycles. The fourth-order valence-corrected chi connectivity index (χ4v) is 3.35. The van der Waals surface area contributed by atoms with Gasteiger partial charge in [0, 0.05) is 17.3 Å². The Morgan fingerprint density at radius 3 is 2.12 bits per heavy atom. The topological polar surface area (TPSA) is 96.3 Å². The number of hydrogen-bond donors (Lipinski definition) is 1. The number of nitrogens with zero attached hydrogens (tertiary/aromatic N) is 1. The predicted molar refractivity (Wildman–Crippen MR) is 127 cm³/mol. The first-order valence-electron chi connectivity index (χ1n) is 10.2. The maximum atomic E-state index is 12.6. The molecule has 166 valence electrons. The van der Waals surface area contributed by atoms with E-state index in [9.17, 15) is 14.4 Å². The maximum absolute atomic E-state index is 12.6. The normalized spacial score (nSPS) is 10.2. The van der Waals surface area contributed by atoms with Crippen molar-refractivity contribution in [2.75, 3.05) is 13.2 Å². The highest BCUT2D eigenvalue weighted by Gasteiger charge is 2.15. The molecule has 1 N–H and O–H groups in total. The lowest BCUT2D eigenvalue weighted by molar-refractivity contribution is -0.120. The second kappa shape index (κ2) is 11.7. The summed E-state index contributed by atoms with van der Waals surface area (Å²) in [6.07, 6.45) is 0.375. The maximum Gasteiger partial charge on any atom is 0.255 e. The van der Waals surface area contributed by atoms with Crippen LogP contribution in [0.5, 0.6) is 5.75 Å². The predicted octanol–water partition coefficient (Wildman–Crippen LogP) is 4.05. The molecule has 33 heavy (non-hydrogen) atoms. The number of amides is 1. The summed E-state index contributed by atoms with van der Waals surface area (Å²) >= 11 is 3.36. The lowest BCUT2D eigenvalue weighted by Gasteiger charge is -2.11. The number of Topliss-reactive ketones (excluding diaryl/α,β-unsaturated/α-hetero) is 2. The molecule has 1 amide bonds. The summed E-state index contributed by atoms with van der Waals surface area (Å²) in [5, 5.41) is 11.4. The molecule has 0 aromatic heterocycles. The third-order valence-corrected chi connectivity index (χ3v) is 5.29. The number of ether oxygens (including phenoxy) is 1. The molecule has 0 saturated heterocycles. The van der Waals surface area contributed by atoms with Gasteiger partial charge in [0.15, 0.2) is 11.6 Å². The molecular weight excluding hydrogens is 484 g/mol. The van der Waals surface area contributed by atoms with Gasteiger partial charge in [-0.2, -0.15) is 5.26 Å². The molecule has 3 rings (SSSR count). The Labute approximate surface area is 200 Å². The van der Waals surface area contributed by atoms with Crippen LogP contribution in [0.3, 0.4) is 0 Å². The van der Waals surface area contributed by atoms with Crippen LogP contribution in [0.4, 0.5) is 0 Å². The van der Waals surface area contributed by atoms with Gasteiger partial charge >= 0.3 is 0 Å². The van der Waals surface area contributed by atoms with Crippen LogP contribution in [-0.2, 0) is 22.4 Å². The highest BCUT2D eigenvalue weighted by Crippen LogP contribution is 2.18. The third kappa shape index (κ3) is 7.41. The quantitative estimate of drug-likeness (QED) is 0.449. The minimum atomic E-state index is -0.459. The Morgan fingerprint density at radius 1 is 0.848 bits per heavy atom. The number of ketones is 2. The summed E-state index contributed by atoms with van der Waals surface area (Å²) in [5.41, 5.74) is 2.41. The van der Waals surface area contributed by atoms with Crippen LogP contribution in [0, 0.1) is 11.3 Å². The second-order valence-electron chi connectivity index (χ2n) is 7.33. The van der Waals surface area contributed by atoms with E-state index in [1.807, 2.05) is 30.3 Å². The summed E-state index contributed by atoms with van der Waals surface area (Å²) in [6.45, 7) is -0.312. The van der Waals surface area contributed by atoms with Gasteiger partial charge in [-0.1, -0.05) is 52.3 Å². The fourth-order valence-electron chi connectivity index (χ4n) is 3.08. The number of rotatable bonds is 10. The molecule has 6 nitrogen and oxygen atoms in total. The average Bonchev–Trinajstić information content (AvgIpc) is 2.83. The van der Waals surface area contributed by atoms with Crippen LogP contribution in [-0.4, -0.2) is 30.6 Å². The van der Waals surface area contributed by atoms with E-state index in [0.29, 0.717) is 5.56 Å². The van der Waals surface area contributed by atoms with Crippen LogP contribution in [0.2, 0.25) is 0 Å². The molecular formula is C26H21BrN2O4. The first-order chi connectivity index (χ1) is 15.9. The highest BCUT2D eigenvalue weighted by atomic mass is 79.9. The lowest BCUT2D eigenvalue weighted by atomic mass is 10.1. The van der Waals surface area contributed by atoms with E-state index in [0.717, 1.165) is 15.6 Å². The summed E-state index contributed by atoms with van der Waals surface area (Å²) < 4.78 is 6.54. The van der Waals surface area contributed by atoms with E-state index in [1.165, 1.54) is 0 Å². The standard InChI is InChI=1S/C26H21BrN2O4/c27-21-11-9-19(10-12-21)14-23(31)17-33-25-4-2-1-3-24(25)26(32)29-16-22(30)13-18-5-7-20(15-28)8-6-18/h1-12H,13-14,16-17H2,(H,29,32). The molecule has 0 bridgehead atoms. The van der Waals surface area contributed by atoms with Gasteiger partial charge < -0.3 is 10.1 Å². The van der Waals surface area contributed by atoms with Crippen molar-refractivity contribution < 1.29 is 19.1 Å². The molecule has 0 heterocycles. The van der Waals surface area contributed by atoms with Crippen LogP contribution in [0.1, 0.15) is 27.0 Å². The molecule has 0 spiro atoms. The number of nitriles is 1. The van der Waals surface area contributed by atoms with E-state index in [1.54, 1.807) is 48.5 Å². The zero-order chi connectivity index (χ0) is 23.6. The molecule has 0 fully saturated rings. The number of carbonyl (C=O) groups is 3. The third-order valence-electron chi connectivity index (χ3n) is 4.77. The van der Waals surface area contributed by atoms with E-state index < -0.39 is 5.91 Å². The first kappa shape index (κ1) is 23.9. The number of carbonyl (C=O) groups excluding carboxylic acids is 3. The van der Waals surface area contributed by atoms with Crippen LogP contribution < -0.4 is 10.1 Å². The van der Waals surface area contributed by atoms with Gasteiger partial charge in [-0.05, 0) is 47.5 Å². The molecule has 0 saturated carbocycles. The molecule has 0 aliphatic heterocycles. The molecule has 3 aromatic rings.